The summed E-state index contributed by atoms with van der Waals surface area (Å²) in [5.74, 6) is -0.231. The van der Waals surface area contributed by atoms with Crippen molar-refractivity contribution in [3.8, 4) is 0 Å². The molecular formula is C12H9BrClN3O. The maximum Gasteiger partial charge on any atom is 0.255 e. The lowest BCUT2D eigenvalue weighted by Gasteiger charge is -2.06. The number of anilines is 2. The maximum absolute atomic E-state index is 11.9. The molecule has 1 heterocycles. The predicted octanol–water partition coefficient (Wildman–Crippen LogP) is 3.33. The molecule has 1 aromatic carbocycles. The molecule has 0 fully saturated rings. The van der Waals surface area contributed by atoms with Crippen LogP contribution in [0.3, 0.4) is 0 Å². The van der Waals surface area contributed by atoms with Crippen LogP contribution in [0.25, 0.3) is 0 Å². The molecule has 0 atom stereocenters. The number of hydrogen-bond acceptors (Lipinski definition) is 3. The Balaban J connectivity index is 2.16. The monoisotopic (exact) mass is 325 g/mol. The van der Waals surface area contributed by atoms with Crippen LogP contribution in [0, 0.1) is 0 Å². The number of nitrogens with two attached hydrogens (primary N) is 1. The number of halogens is 2. The Morgan fingerprint density at radius 2 is 2.00 bits per heavy atom. The topological polar surface area (TPSA) is 68.0 Å². The highest BCUT2D eigenvalue weighted by atomic mass is 79.9. The average Bonchev–Trinajstić information content (AvgIpc) is 2.34. The van der Waals surface area contributed by atoms with Crippen LogP contribution in [0.2, 0.25) is 5.15 Å². The predicted molar refractivity (Wildman–Crippen MR) is 75.8 cm³/mol. The molecule has 0 aliphatic carbocycles. The van der Waals surface area contributed by atoms with E-state index in [1.807, 2.05) is 0 Å². The van der Waals surface area contributed by atoms with Crippen LogP contribution < -0.4 is 11.1 Å². The number of nitrogens with one attached hydrogen (secondary N) is 1. The quantitative estimate of drug-likeness (QED) is 0.657. The molecule has 0 bridgehead atoms. The Morgan fingerprint density at radius 1 is 1.33 bits per heavy atom. The number of aromatic nitrogens is 1. The van der Waals surface area contributed by atoms with Crippen molar-refractivity contribution in [1.29, 1.82) is 0 Å². The largest absolute Gasteiger partial charge is 0.399 e. The van der Waals surface area contributed by atoms with Crippen LogP contribution in [-0.4, -0.2) is 10.9 Å². The van der Waals surface area contributed by atoms with Crippen molar-refractivity contribution in [3.63, 3.8) is 0 Å². The van der Waals surface area contributed by atoms with Gasteiger partial charge in [-0.1, -0.05) is 11.6 Å². The first-order valence-electron chi connectivity index (χ1n) is 5.04. The third-order valence-electron chi connectivity index (χ3n) is 2.23. The fourth-order valence-electron chi connectivity index (χ4n) is 1.33. The van der Waals surface area contributed by atoms with E-state index in [1.54, 1.807) is 30.3 Å². The second kappa shape index (κ2) is 5.37. The fourth-order valence-corrected chi connectivity index (χ4v) is 1.78. The molecule has 1 amide bonds. The lowest BCUT2D eigenvalue weighted by molar-refractivity contribution is 0.102. The van der Waals surface area contributed by atoms with E-state index >= 15 is 0 Å². The molecule has 0 saturated heterocycles. The van der Waals surface area contributed by atoms with Gasteiger partial charge in [-0.15, -0.1) is 0 Å². The van der Waals surface area contributed by atoms with Crippen LogP contribution >= 0.6 is 27.5 Å². The molecule has 6 heteroatoms. The summed E-state index contributed by atoms with van der Waals surface area (Å²) in [6, 6.07) is 8.34. The zero-order valence-electron chi connectivity index (χ0n) is 9.15. The highest BCUT2D eigenvalue weighted by Gasteiger charge is 2.07. The summed E-state index contributed by atoms with van der Waals surface area (Å²) < 4.78 is 0.624. The van der Waals surface area contributed by atoms with Crippen molar-refractivity contribution in [2.24, 2.45) is 0 Å². The smallest absolute Gasteiger partial charge is 0.255 e. The number of nitrogen functional groups attached to an aromatic ring is 1. The molecule has 2 aromatic rings. The Hall–Kier alpha value is -1.59. The number of amides is 1. The van der Waals surface area contributed by atoms with Crippen molar-refractivity contribution in [2.45, 2.75) is 0 Å². The summed E-state index contributed by atoms with van der Waals surface area (Å²) >= 11 is 9.01. The lowest BCUT2D eigenvalue weighted by atomic mass is 10.2. The van der Waals surface area contributed by atoms with Crippen LogP contribution in [0.15, 0.2) is 41.0 Å². The molecule has 3 N–H and O–H groups in total. The summed E-state index contributed by atoms with van der Waals surface area (Å²) in [4.78, 5) is 15.8. The van der Waals surface area contributed by atoms with E-state index in [1.165, 1.54) is 6.20 Å². The molecule has 0 aliphatic rings. The number of carbonyl (C=O) groups is 1. The maximum atomic E-state index is 11.9. The molecule has 0 radical (unpaired) electrons. The van der Waals surface area contributed by atoms with Crippen molar-refractivity contribution >= 4 is 44.8 Å². The summed E-state index contributed by atoms with van der Waals surface area (Å²) in [6.45, 7) is 0. The van der Waals surface area contributed by atoms with E-state index in [4.69, 9.17) is 17.3 Å². The van der Waals surface area contributed by atoms with Gasteiger partial charge in [-0.25, -0.2) is 4.98 Å². The van der Waals surface area contributed by atoms with Gasteiger partial charge in [-0.2, -0.15) is 0 Å². The van der Waals surface area contributed by atoms with Gasteiger partial charge in [0.2, 0.25) is 0 Å². The second-order valence-electron chi connectivity index (χ2n) is 3.57. The van der Waals surface area contributed by atoms with E-state index in [0.717, 1.165) is 0 Å². The Kier molecular flexibility index (Phi) is 3.84. The number of carbonyl (C=O) groups excluding carboxylic acids is 1. The van der Waals surface area contributed by atoms with Gasteiger partial charge >= 0.3 is 0 Å². The number of rotatable bonds is 2. The van der Waals surface area contributed by atoms with Gasteiger partial charge in [0, 0.05) is 11.3 Å². The van der Waals surface area contributed by atoms with Gasteiger partial charge in [0.1, 0.15) is 5.15 Å². The number of benzene rings is 1. The van der Waals surface area contributed by atoms with E-state index in [2.05, 4.69) is 26.2 Å². The third kappa shape index (κ3) is 3.00. The first-order valence-corrected chi connectivity index (χ1v) is 6.21. The van der Waals surface area contributed by atoms with Gasteiger partial charge in [0.15, 0.2) is 0 Å². The van der Waals surface area contributed by atoms with Crippen molar-refractivity contribution in [1.82, 2.24) is 4.98 Å². The molecule has 18 heavy (non-hydrogen) atoms. The minimum Gasteiger partial charge on any atom is -0.399 e. The van der Waals surface area contributed by atoms with Gasteiger partial charge in [-0.3, -0.25) is 4.79 Å². The minimum absolute atomic E-state index is 0.231. The normalized spacial score (nSPS) is 10.1. The molecule has 92 valence electrons. The van der Waals surface area contributed by atoms with E-state index < -0.39 is 0 Å². The second-order valence-corrected chi connectivity index (χ2v) is 4.79. The van der Waals surface area contributed by atoms with Crippen LogP contribution in [0.4, 0.5) is 11.4 Å². The molecule has 0 spiro atoms. The van der Waals surface area contributed by atoms with Crippen molar-refractivity contribution < 1.29 is 4.79 Å². The van der Waals surface area contributed by atoms with Crippen molar-refractivity contribution in [2.75, 3.05) is 11.1 Å². The molecule has 2 rings (SSSR count). The zero-order chi connectivity index (χ0) is 13.1. The molecule has 0 saturated carbocycles. The summed E-state index contributed by atoms with van der Waals surface area (Å²) in [6.07, 6.45) is 1.49. The van der Waals surface area contributed by atoms with E-state index in [9.17, 15) is 4.79 Å². The van der Waals surface area contributed by atoms with Crippen LogP contribution in [0.1, 0.15) is 10.4 Å². The number of nitrogens with zero attached hydrogens (tertiary/aromatic N) is 1. The van der Waals surface area contributed by atoms with Gasteiger partial charge < -0.3 is 11.1 Å². The van der Waals surface area contributed by atoms with Gasteiger partial charge in [-0.05, 0) is 46.3 Å². The van der Waals surface area contributed by atoms with E-state index in [-0.39, 0.29) is 5.91 Å². The number of pyridine rings is 1. The highest BCUT2D eigenvalue weighted by molar-refractivity contribution is 9.10. The zero-order valence-corrected chi connectivity index (χ0v) is 11.5. The molecule has 4 nitrogen and oxygen atoms in total. The lowest BCUT2D eigenvalue weighted by Crippen LogP contribution is -2.12. The third-order valence-corrected chi connectivity index (χ3v) is 3.36. The Bertz CT molecular complexity index is 586. The SMILES string of the molecule is Nc1ccc(C(=O)Nc2cnc(Cl)c(Br)c2)cc1. The minimum atomic E-state index is -0.231. The molecule has 0 unspecified atom stereocenters. The van der Waals surface area contributed by atoms with Crippen molar-refractivity contribution in [3.05, 3.63) is 51.7 Å². The molecule has 0 aliphatic heterocycles. The standard InChI is InChI=1S/C12H9BrClN3O/c13-10-5-9(6-16-11(10)14)17-12(18)7-1-3-8(15)4-2-7/h1-6H,15H2,(H,17,18). The fraction of sp³-hybridized carbons (Fsp3) is 0. The summed E-state index contributed by atoms with van der Waals surface area (Å²) in [7, 11) is 0. The number of hydrogen-bond donors (Lipinski definition) is 2. The highest BCUT2D eigenvalue weighted by Crippen LogP contribution is 2.23. The van der Waals surface area contributed by atoms with E-state index in [0.29, 0.717) is 26.6 Å². The van der Waals surface area contributed by atoms with Crippen LogP contribution in [-0.2, 0) is 0 Å². The summed E-state index contributed by atoms with van der Waals surface area (Å²) in [5, 5.41) is 3.06. The summed E-state index contributed by atoms with van der Waals surface area (Å²) in [5.41, 5.74) is 7.25. The Labute approximate surface area is 117 Å². The molecule has 1 aromatic heterocycles. The van der Waals surface area contributed by atoms with Gasteiger partial charge in [0.25, 0.3) is 5.91 Å². The van der Waals surface area contributed by atoms with Gasteiger partial charge in [0.05, 0.1) is 16.4 Å². The first-order chi connectivity index (χ1) is 8.56. The Morgan fingerprint density at radius 3 is 2.61 bits per heavy atom. The first kappa shape index (κ1) is 12.9. The average molecular weight is 327 g/mol. The molecular weight excluding hydrogens is 318 g/mol. The van der Waals surface area contributed by atoms with Crippen LogP contribution in [0.5, 0.6) is 0 Å².